The molecule has 1 nitrogen and oxygen atoms in total. The van der Waals surface area contributed by atoms with Crippen molar-refractivity contribution >= 4 is 6.29 Å². The Balaban J connectivity index is 2.62. The smallest absolute Gasteiger partial charge is 0.123 e. The van der Waals surface area contributed by atoms with E-state index < -0.39 is 0 Å². The number of rotatable bonds is 4. The zero-order valence-corrected chi connectivity index (χ0v) is 9.84. The Bertz CT molecular complexity index is 240. The Morgan fingerprint density at radius 3 is 2.57 bits per heavy atom. The molecule has 0 saturated carbocycles. The van der Waals surface area contributed by atoms with Crippen LogP contribution in [0.1, 0.15) is 47.0 Å². The van der Waals surface area contributed by atoms with Gasteiger partial charge in [-0.15, -0.1) is 0 Å². The lowest BCUT2D eigenvalue weighted by atomic mass is 9.79. The lowest BCUT2D eigenvalue weighted by Gasteiger charge is -2.26. The molecule has 1 rings (SSSR count). The fourth-order valence-corrected chi connectivity index (χ4v) is 2.12. The molecule has 0 saturated heterocycles. The molecule has 1 aliphatic carbocycles. The molecule has 0 spiro atoms. The topological polar surface area (TPSA) is 17.1 Å². The standard InChI is InChI=1S/C13H22O/c1-10(2)13(4)6-5-12(8-13)7-11(3)9-14/h8-11H,5-7H2,1-4H3. The minimum absolute atomic E-state index is 0.191. The lowest BCUT2D eigenvalue weighted by Crippen LogP contribution is -2.17. The van der Waals surface area contributed by atoms with Gasteiger partial charge in [-0.1, -0.05) is 39.3 Å². The normalized spacial score (nSPS) is 29.1. The second-order valence-corrected chi connectivity index (χ2v) is 5.28. The summed E-state index contributed by atoms with van der Waals surface area (Å²) in [5, 5.41) is 0. The van der Waals surface area contributed by atoms with E-state index in [0.29, 0.717) is 11.3 Å². The van der Waals surface area contributed by atoms with Crippen molar-refractivity contribution in [2.24, 2.45) is 17.3 Å². The van der Waals surface area contributed by atoms with Crippen LogP contribution in [-0.2, 0) is 4.79 Å². The van der Waals surface area contributed by atoms with Crippen molar-refractivity contribution in [3.05, 3.63) is 11.6 Å². The third kappa shape index (κ3) is 2.46. The van der Waals surface area contributed by atoms with E-state index in [2.05, 4.69) is 26.8 Å². The van der Waals surface area contributed by atoms with Gasteiger partial charge in [0.25, 0.3) is 0 Å². The van der Waals surface area contributed by atoms with E-state index in [1.165, 1.54) is 18.4 Å². The molecule has 0 fully saturated rings. The van der Waals surface area contributed by atoms with Crippen molar-refractivity contribution < 1.29 is 4.79 Å². The number of carbonyl (C=O) groups excluding carboxylic acids is 1. The molecule has 0 heterocycles. The molecule has 2 atom stereocenters. The van der Waals surface area contributed by atoms with E-state index in [9.17, 15) is 4.79 Å². The summed E-state index contributed by atoms with van der Waals surface area (Å²) in [5.41, 5.74) is 1.86. The molecule has 0 aromatic rings. The van der Waals surface area contributed by atoms with Crippen LogP contribution in [-0.4, -0.2) is 6.29 Å². The second-order valence-electron chi connectivity index (χ2n) is 5.28. The van der Waals surface area contributed by atoms with Crippen molar-refractivity contribution in [2.45, 2.75) is 47.0 Å². The first-order chi connectivity index (χ1) is 6.48. The van der Waals surface area contributed by atoms with Gasteiger partial charge in [0.1, 0.15) is 6.29 Å². The molecule has 1 aliphatic rings. The van der Waals surface area contributed by atoms with Crippen molar-refractivity contribution in [1.29, 1.82) is 0 Å². The van der Waals surface area contributed by atoms with Crippen LogP contribution < -0.4 is 0 Å². The third-order valence-corrected chi connectivity index (χ3v) is 3.65. The minimum atomic E-state index is 0.191. The highest BCUT2D eigenvalue weighted by Gasteiger charge is 2.31. The Kier molecular flexibility index (Phi) is 3.52. The number of allylic oxidation sites excluding steroid dienone is 2. The van der Waals surface area contributed by atoms with E-state index in [1.54, 1.807) is 0 Å². The quantitative estimate of drug-likeness (QED) is 0.493. The van der Waals surface area contributed by atoms with Gasteiger partial charge in [-0.05, 0) is 30.6 Å². The fourth-order valence-electron chi connectivity index (χ4n) is 2.12. The molecule has 0 bridgehead atoms. The Labute approximate surface area is 87.6 Å². The zero-order valence-electron chi connectivity index (χ0n) is 9.84. The van der Waals surface area contributed by atoms with Crippen molar-refractivity contribution in [3.63, 3.8) is 0 Å². The minimum Gasteiger partial charge on any atom is -0.303 e. The molecule has 0 aromatic carbocycles. The summed E-state index contributed by atoms with van der Waals surface area (Å²) in [6.45, 7) is 8.89. The average molecular weight is 194 g/mol. The summed E-state index contributed by atoms with van der Waals surface area (Å²) < 4.78 is 0. The van der Waals surface area contributed by atoms with Crippen LogP contribution in [0.3, 0.4) is 0 Å². The van der Waals surface area contributed by atoms with Crippen LogP contribution in [0.25, 0.3) is 0 Å². The predicted octanol–water partition coefficient (Wildman–Crippen LogP) is 3.59. The first-order valence-corrected chi connectivity index (χ1v) is 5.64. The second kappa shape index (κ2) is 4.29. The maximum atomic E-state index is 10.6. The Morgan fingerprint density at radius 1 is 1.50 bits per heavy atom. The first-order valence-electron chi connectivity index (χ1n) is 5.64. The predicted molar refractivity (Wildman–Crippen MR) is 60.1 cm³/mol. The van der Waals surface area contributed by atoms with Gasteiger partial charge in [0, 0.05) is 5.92 Å². The van der Waals surface area contributed by atoms with E-state index in [4.69, 9.17) is 0 Å². The molecule has 80 valence electrons. The third-order valence-electron chi connectivity index (χ3n) is 3.65. The lowest BCUT2D eigenvalue weighted by molar-refractivity contribution is -0.110. The molecule has 0 N–H and O–H groups in total. The number of aldehydes is 1. The molecular formula is C13H22O. The molecular weight excluding hydrogens is 172 g/mol. The van der Waals surface area contributed by atoms with Crippen molar-refractivity contribution in [3.8, 4) is 0 Å². The van der Waals surface area contributed by atoms with Gasteiger partial charge in [-0.2, -0.15) is 0 Å². The number of carbonyl (C=O) groups is 1. The van der Waals surface area contributed by atoms with Crippen LogP contribution in [0, 0.1) is 17.3 Å². The van der Waals surface area contributed by atoms with Gasteiger partial charge in [-0.3, -0.25) is 0 Å². The van der Waals surface area contributed by atoms with Crippen molar-refractivity contribution in [1.82, 2.24) is 0 Å². The molecule has 2 unspecified atom stereocenters. The molecule has 0 radical (unpaired) electrons. The summed E-state index contributed by atoms with van der Waals surface area (Å²) in [6, 6.07) is 0. The van der Waals surface area contributed by atoms with Crippen LogP contribution in [0.2, 0.25) is 0 Å². The summed E-state index contributed by atoms with van der Waals surface area (Å²) in [7, 11) is 0. The van der Waals surface area contributed by atoms with Gasteiger partial charge in [0.2, 0.25) is 0 Å². The molecule has 0 aromatic heterocycles. The molecule has 0 aliphatic heterocycles. The molecule has 1 heteroatoms. The zero-order chi connectivity index (χ0) is 10.8. The highest BCUT2D eigenvalue weighted by Crippen LogP contribution is 2.43. The van der Waals surface area contributed by atoms with Crippen LogP contribution in [0.5, 0.6) is 0 Å². The maximum absolute atomic E-state index is 10.6. The molecule has 0 amide bonds. The Hall–Kier alpha value is -0.590. The van der Waals surface area contributed by atoms with Crippen LogP contribution in [0.15, 0.2) is 11.6 Å². The van der Waals surface area contributed by atoms with E-state index in [1.807, 2.05) is 6.92 Å². The van der Waals surface area contributed by atoms with Gasteiger partial charge >= 0.3 is 0 Å². The van der Waals surface area contributed by atoms with E-state index >= 15 is 0 Å². The summed E-state index contributed by atoms with van der Waals surface area (Å²) in [4.78, 5) is 10.6. The van der Waals surface area contributed by atoms with E-state index in [-0.39, 0.29) is 5.92 Å². The van der Waals surface area contributed by atoms with Crippen molar-refractivity contribution in [2.75, 3.05) is 0 Å². The Morgan fingerprint density at radius 2 is 2.14 bits per heavy atom. The van der Waals surface area contributed by atoms with Crippen LogP contribution >= 0.6 is 0 Å². The maximum Gasteiger partial charge on any atom is 0.123 e. The van der Waals surface area contributed by atoms with Gasteiger partial charge < -0.3 is 4.79 Å². The van der Waals surface area contributed by atoms with Gasteiger partial charge in [-0.25, -0.2) is 0 Å². The summed E-state index contributed by atoms with van der Waals surface area (Å²) in [6.07, 6.45) is 6.88. The number of hydrogen-bond acceptors (Lipinski definition) is 1. The SMILES string of the molecule is CC(C=O)CC1=CC(C)(C(C)C)CC1. The fraction of sp³-hybridized carbons (Fsp3) is 0.769. The summed E-state index contributed by atoms with van der Waals surface area (Å²) >= 11 is 0. The molecule has 14 heavy (non-hydrogen) atoms. The number of hydrogen-bond donors (Lipinski definition) is 0. The first kappa shape index (κ1) is 11.5. The van der Waals surface area contributed by atoms with Crippen LogP contribution in [0.4, 0.5) is 0 Å². The summed E-state index contributed by atoms with van der Waals surface area (Å²) in [5.74, 6) is 0.891. The monoisotopic (exact) mass is 194 g/mol. The highest BCUT2D eigenvalue weighted by atomic mass is 16.1. The van der Waals surface area contributed by atoms with Gasteiger partial charge in [0.05, 0.1) is 0 Å². The average Bonchev–Trinajstić information content (AvgIpc) is 2.49. The highest BCUT2D eigenvalue weighted by molar-refractivity contribution is 5.53. The largest absolute Gasteiger partial charge is 0.303 e. The van der Waals surface area contributed by atoms with Gasteiger partial charge in [0.15, 0.2) is 0 Å². The van der Waals surface area contributed by atoms with E-state index in [0.717, 1.165) is 12.7 Å².